The molecule has 1 aromatic heterocycles. The number of halogens is 1. The summed E-state index contributed by atoms with van der Waals surface area (Å²) in [5.74, 6) is -0.0235. The van der Waals surface area contributed by atoms with Crippen molar-refractivity contribution in [2.24, 2.45) is 0 Å². The zero-order chi connectivity index (χ0) is 22.5. The Bertz CT molecular complexity index is 970. The number of carbonyl (C=O) groups excluding carboxylic acids is 3. The summed E-state index contributed by atoms with van der Waals surface area (Å²) < 4.78 is 0. The third kappa shape index (κ3) is 5.79. The largest absolute Gasteiger partial charge is 0.353 e. The molecule has 2 aliphatic rings. The number of thiophene rings is 1. The van der Waals surface area contributed by atoms with Crippen molar-refractivity contribution < 1.29 is 14.4 Å². The van der Waals surface area contributed by atoms with Gasteiger partial charge in [0.2, 0.25) is 11.8 Å². The van der Waals surface area contributed by atoms with Gasteiger partial charge in [-0.25, -0.2) is 4.79 Å². The van der Waals surface area contributed by atoms with Crippen LogP contribution in [0.2, 0.25) is 5.02 Å². The highest BCUT2D eigenvalue weighted by Crippen LogP contribution is 2.26. The van der Waals surface area contributed by atoms with E-state index in [4.69, 9.17) is 11.6 Å². The number of nitrogens with zero attached hydrogens (tertiary/aromatic N) is 1. The Labute approximate surface area is 195 Å². The molecule has 3 atom stereocenters. The van der Waals surface area contributed by atoms with Crippen molar-refractivity contribution in [3.05, 3.63) is 51.7 Å². The number of nitrogens with one attached hydrogen (secondary N) is 4. The maximum atomic E-state index is 12.4. The second-order valence-electron chi connectivity index (χ2n) is 8.05. The van der Waals surface area contributed by atoms with Gasteiger partial charge < -0.3 is 21.3 Å². The average molecular weight is 476 g/mol. The summed E-state index contributed by atoms with van der Waals surface area (Å²) in [6, 6.07) is 10.2. The average Bonchev–Trinajstić information content (AvgIpc) is 3.42. The van der Waals surface area contributed by atoms with Gasteiger partial charge >= 0.3 is 6.03 Å². The molecule has 4 rings (SSSR count). The van der Waals surface area contributed by atoms with Crippen LogP contribution in [0.4, 0.5) is 10.5 Å². The number of fused-ring (bicyclic) bond motifs is 1. The highest BCUT2D eigenvalue weighted by molar-refractivity contribution is 7.09. The van der Waals surface area contributed by atoms with Gasteiger partial charge in [-0.05, 0) is 42.5 Å². The molecule has 10 heteroatoms. The van der Waals surface area contributed by atoms with Gasteiger partial charge in [0.1, 0.15) is 0 Å². The first-order valence-corrected chi connectivity index (χ1v) is 11.9. The molecule has 0 bridgehead atoms. The SMILES string of the molecule is O=C(CC[C@@H]1CNC(=O)[C@@H]2C[C@H](NC(=O)Nc3cccc(Cl)c3)CN12)NCc1cccs1. The standard InChI is InChI=1S/C22H26ClN5O3S/c23-14-3-1-4-15(9-14)26-22(31)27-16-10-19-21(30)25-11-17(28(19)13-16)6-7-20(29)24-12-18-5-2-8-32-18/h1-5,8-9,16-17,19H,6-7,10-13H2,(H,24,29)(H,25,30)(H2,26,27,31)/t16-,17+,19-/m0/s1. The molecule has 4 amide bonds. The predicted molar refractivity (Wildman–Crippen MR) is 125 cm³/mol. The molecule has 0 saturated carbocycles. The molecule has 4 N–H and O–H groups in total. The number of anilines is 1. The van der Waals surface area contributed by atoms with Crippen LogP contribution in [-0.2, 0) is 16.1 Å². The van der Waals surface area contributed by atoms with Gasteiger partial charge in [0.15, 0.2) is 0 Å². The molecule has 2 saturated heterocycles. The summed E-state index contributed by atoms with van der Waals surface area (Å²) in [4.78, 5) is 40.3. The van der Waals surface area contributed by atoms with Gasteiger partial charge in [-0.15, -0.1) is 11.3 Å². The summed E-state index contributed by atoms with van der Waals surface area (Å²) in [6.07, 6.45) is 1.58. The predicted octanol–water partition coefficient (Wildman–Crippen LogP) is 2.56. The molecular formula is C22H26ClN5O3S. The molecule has 0 spiro atoms. The molecule has 2 aliphatic heterocycles. The summed E-state index contributed by atoms with van der Waals surface area (Å²) in [7, 11) is 0. The highest BCUT2D eigenvalue weighted by Gasteiger charge is 2.43. The van der Waals surface area contributed by atoms with E-state index >= 15 is 0 Å². The summed E-state index contributed by atoms with van der Waals surface area (Å²) in [5, 5.41) is 14.1. The number of urea groups is 1. The fourth-order valence-electron chi connectivity index (χ4n) is 4.25. The van der Waals surface area contributed by atoms with Crippen LogP contribution in [0.1, 0.15) is 24.1 Å². The van der Waals surface area contributed by atoms with Crippen LogP contribution in [0, 0.1) is 0 Å². The molecule has 0 aliphatic carbocycles. The minimum absolute atomic E-state index is 0.00150. The van der Waals surface area contributed by atoms with Crippen molar-refractivity contribution in [2.45, 2.75) is 43.9 Å². The second kappa shape index (κ2) is 10.3. The Morgan fingerprint density at radius 3 is 2.91 bits per heavy atom. The number of piperazine rings is 1. The fraction of sp³-hybridized carbons (Fsp3) is 0.409. The summed E-state index contributed by atoms with van der Waals surface area (Å²) >= 11 is 7.57. The Balaban J connectivity index is 1.27. The molecule has 32 heavy (non-hydrogen) atoms. The van der Waals surface area contributed by atoms with Crippen LogP contribution >= 0.6 is 22.9 Å². The number of carbonyl (C=O) groups is 3. The normalized spacial score (nSPS) is 22.7. The Hall–Kier alpha value is -2.62. The molecule has 170 valence electrons. The smallest absolute Gasteiger partial charge is 0.319 e. The molecule has 3 heterocycles. The van der Waals surface area contributed by atoms with E-state index in [9.17, 15) is 14.4 Å². The third-order valence-electron chi connectivity index (χ3n) is 5.79. The van der Waals surface area contributed by atoms with Crippen LogP contribution in [0.15, 0.2) is 41.8 Å². The number of hydrogen-bond acceptors (Lipinski definition) is 5. The van der Waals surface area contributed by atoms with E-state index in [0.717, 1.165) is 4.88 Å². The van der Waals surface area contributed by atoms with Crippen molar-refractivity contribution in [1.82, 2.24) is 20.9 Å². The summed E-state index contributed by atoms with van der Waals surface area (Å²) in [6.45, 7) is 1.62. The minimum atomic E-state index is -0.331. The van der Waals surface area contributed by atoms with Gasteiger partial charge in [-0.1, -0.05) is 23.7 Å². The Morgan fingerprint density at radius 1 is 1.25 bits per heavy atom. The lowest BCUT2D eigenvalue weighted by molar-refractivity contribution is -0.129. The van der Waals surface area contributed by atoms with Crippen molar-refractivity contribution in [3.8, 4) is 0 Å². The molecule has 0 radical (unpaired) electrons. The van der Waals surface area contributed by atoms with Gasteiger partial charge in [-0.2, -0.15) is 0 Å². The zero-order valence-electron chi connectivity index (χ0n) is 17.5. The highest BCUT2D eigenvalue weighted by atomic mass is 35.5. The number of benzene rings is 1. The first-order chi connectivity index (χ1) is 15.5. The van der Waals surface area contributed by atoms with Crippen LogP contribution < -0.4 is 21.3 Å². The van der Waals surface area contributed by atoms with Crippen molar-refractivity contribution in [3.63, 3.8) is 0 Å². The number of rotatable bonds is 7. The summed E-state index contributed by atoms with van der Waals surface area (Å²) in [5.41, 5.74) is 0.606. The molecule has 8 nitrogen and oxygen atoms in total. The molecule has 1 aromatic carbocycles. The zero-order valence-corrected chi connectivity index (χ0v) is 19.0. The van der Waals surface area contributed by atoms with E-state index in [1.54, 1.807) is 35.6 Å². The van der Waals surface area contributed by atoms with E-state index in [0.29, 0.717) is 49.6 Å². The second-order valence-corrected chi connectivity index (χ2v) is 9.52. The van der Waals surface area contributed by atoms with E-state index < -0.39 is 0 Å². The van der Waals surface area contributed by atoms with E-state index in [2.05, 4.69) is 26.2 Å². The molecule has 2 aromatic rings. The lowest BCUT2D eigenvalue weighted by Gasteiger charge is -2.37. The van der Waals surface area contributed by atoms with Crippen molar-refractivity contribution in [1.29, 1.82) is 0 Å². The third-order valence-corrected chi connectivity index (χ3v) is 6.90. The first kappa shape index (κ1) is 22.6. The van der Waals surface area contributed by atoms with Crippen molar-refractivity contribution >= 4 is 46.5 Å². The van der Waals surface area contributed by atoms with Gasteiger partial charge in [0, 0.05) is 47.2 Å². The lowest BCUT2D eigenvalue weighted by Crippen LogP contribution is -2.58. The topological polar surface area (TPSA) is 103 Å². The van der Waals surface area contributed by atoms with Gasteiger partial charge in [0.05, 0.1) is 12.6 Å². The number of amides is 4. The van der Waals surface area contributed by atoms with E-state index in [1.807, 2.05) is 17.5 Å². The maximum Gasteiger partial charge on any atom is 0.319 e. The van der Waals surface area contributed by atoms with Gasteiger partial charge in [0.25, 0.3) is 0 Å². The molecular weight excluding hydrogens is 450 g/mol. The fourth-order valence-corrected chi connectivity index (χ4v) is 5.09. The van der Waals surface area contributed by atoms with Crippen LogP contribution in [0.5, 0.6) is 0 Å². The van der Waals surface area contributed by atoms with Crippen LogP contribution in [0.3, 0.4) is 0 Å². The van der Waals surface area contributed by atoms with Gasteiger partial charge in [-0.3, -0.25) is 14.5 Å². The Kier molecular flexibility index (Phi) is 7.29. The maximum absolute atomic E-state index is 12.4. The van der Waals surface area contributed by atoms with Crippen molar-refractivity contribution in [2.75, 3.05) is 18.4 Å². The Morgan fingerprint density at radius 2 is 2.12 bits per heavy atom. The first-order valence-electron chi connectivity index (χ1n) is 10.6. The lowest BCUT2D eigenvalue weighted by atomic mass is 10.0. The van der Waals surface area contributed by atoms with E-state index in [1.165, 1.54) is 0 Å². The monoisotopic (exact) mass is 475 g/mol. The molecule has 2 fully saturated rings. The van der Waals surface area contributed by atoms with E-state index in [-0.39, 0.29) is 36.0 Å². The van der Waals surface area contributed by atoms with Crippen LogP contribution in [0.25, 0.3) is 0 Å². The molecule has 0 unspecified atom stereocenters. The number of hydrogen-bond donors (Lipinski definition) is 4. The minimum Gasteiger partial charge on any atom is -0.353 e. The van der Waals surface area contributed by atoms with Crippen LogP contribution in [-0.4, -0.2) is 54.0 Å². The quantitative estimate of drug-likeness (QED) is 0.494.